The first-order valence-electron chi connectivity index (χ1n) is 10.2. The van der Waals surface area contributed by atoms with Gasteiger partial charge >= 0.3 is 0 Å². The average molecular weight is 414 g/mol. The number of benzene rings is 1. The van der Waals surface area contributed by atoms with E-state index in [1.807, 2.05) is 61.7 Å². The van der Waals surface area contributed by atoms with E-state index in [0.717, 1.165) is 16.9 Å². The van der Waals surface area contributed by atoms with Crippen molar-refractivity contribution < 1.29 is 9.59 Å². The van der Waals surface area contributed by atoms with Crippen LogP contribution in [0.25, 0.3) is 11.2 Å². The van der Waals surface area contributed by atoms with Crippen LogP contribution < -0.4 is 0 Å². The predicted molar refractivity (Wildman–Crippen MR) is 115 cm³/mol. The molecule has 0 atom stereocenters. The van der Waals surface area contributed by atoms with Crippen molar-refractivity contribution in [1.29, 1.82) is 0 Å². The maximum absolute atomic E-state index is 13.1. The van der Waals surface area contributed by atoms with Crippen LogP contribution in [0.5, 0.6) is 0 Å². The number of carbonyl (C=O) groups is 2. The molecule has 1 fully saturated rings. The Labute approximate surface area is 179 Å². The third-order valence-corrected chi connectivity index (χ3v) is 5.75. The number of amides is 2. The standard InChI is InChI=1S/C23H22N6O2/c1-17-19(15-25-29(17)18-7-3-2-4-8-18)22(30)26-11-13-27(14-12-26)23(31)20-16-24-28-10-6-5-9-21(20)28/h2-10,15-16H,11-14H2,1H3. The van der Waals surface area contributed by atoms with Crippen LogP contribution in [0.15, 0.2) is 67.1 Å². The van der Waals surface area contributed by atoms with E-state index >= 15 is 0 Å². The molecule has 3 aromatic heterocycles. The number of para-hydroxylation sites is 1. The summed E-state index contributed by atoms with van der Waals surface area (Å²) in [6.45, 7) is 3.85. The number of hydrogen-bond donors (Lipinski definition) is 0. The molecule has 31 heavy (non-hydrogen) atoms. The van der Waals surface area contributed by atoms with E-state index in [1.165, 1.54) is 0 Å². The molecule has 0 bridgehead atoms. The molecule has 1 aromatic carbocycles. The van der Waals surface area contributed by atoms with Gasteiger partial charge in [-0.3, -0.25) is 9.59 Å². The minimum Gasteiger partial charge on any atom is -0.335 e. The Bertz CT molecular complexity index is 1250. The smallest absolute Gasteiger partial charge is 0.257 e. The fourth-order valence-corrected chi connectivity index (χ4v) is 4.00. The number of aromatic nitrogens is 4. The maximum atomic E-state index is 13.1. The summed E-state index contributed by atoms with van der Waals surface area (Å²) >= 11 is 0. The van der Waals surface area contributed by atoms with Crippen LogP contribution >= 0.6 is 0 Å². The van der Waals surface area contributed by atoms with Crippen LogP contribution in [0.1, 0.15) is 26.4 Å². The van der Waals surface area contributed by atoms with Crippen LogP contribution in [-0.2, 0) is 0 Å². The van der Waals surface area contributed by atoms with Gasteiger partial charge in [-0.2, -0.15) is 10.2 Å². The fraction of sp³-hybridized carbons (Fsp3) is 0.217. The molecule has 156 valence electrons. The zero-order chi connectivity index (χ0) is 21.4. The van der Waals surface area contributed by atoms with Crippen molar-refractivity contribution >= 4 is 17.3 Å². The maximum Gasteiger partial charge on any atom is 0.257 e. The highest BCUT2D eigenvalue weighted by Crippen LogP contribution is 2.18. The van der Waals surface area contributed by atoms with Gasteiger partial charge in [0.05, 0.1) is 40.4 Å². The Kier molecular flexibility index (Phi) is 4.74. The minimum absolute atomic E-state index is 0.0530. The highest BCUT2D eigenvalue weighted by atomic mass is 16.2. The lowest BCUT2D eigenvalue weighted by atomic mass is 10.2. The largest absolute Gasteiger partial charge is 0.335 e. The summed E-state index contributed by atoms with van der Waals surface area (Å²) in [6.07, 6.45) is 5.05. The molecule has 0 radical (unpaired) electrons. The summed E-state index contributed by atoms with van der Waals surface area (Å²) in [4.78, 5) is 29.7. The first kappa shape index (κ1) is 19.0. The van der Waals surface area contributed by atoms with Crippen molar-refractivity contribution in [3.05, 3.63) is 83.9 Å². The Hall–Kier alpha value is -3.94. The molecular weight excluding hydrogens is 392 g/mol. The van der Waals surface area contributed by atoms with Gasteiger partial charge in [0.1, 0.15) is 0 Å². The van der Waals surface area contributed by atoms with Gasteiger partial charge in [-0.05, 0) is 31.2 Å². The zero-order valence-corrected chi connectivity index (χ0v) is 17.2. The van der Waals surface area contributed by atoms with Crippen LogP contribution in [0.3, 0.4) is 0 Å². The molecule has 1 saturated heterocycles. The van der Waals surface area contributed by atoms with E-state index < -0.39 is 0 Å². The van der Waals surface area contributed by atoms with Gasteiger partial charge in [-0.25, -0.2) is 9.20 Å². The SMILES string of the molecule is Cc1c(C(=O)N2CCN(C(=O)c3cnn4ccccc34)CC2)cnn1-c1ccccc1. The molecule has 4 heterocycles. The third-order valence-electron chi connectivity index (χ3n) is 5.75. The van der Waals surface area contributed by atoms with Crippen molar-refractivity contribution in [3.63, 3.8) is 0 Å². The van der Waals surface area contributed by atoms with Crippen LogP contribution in [0, 0.1) is 6.92 Å². The number of piperazine rings is 1. The van der Waals surface area contributed by atoms with Crippen molar-refractivity contribution in [3.8, 4) is 5.69 Å². The van der Waals surface area contributed by atoms with Crippen LogP contribution in [0.2, 0.25) is 0 Å². The molecular formula is C23H22N6O2. The van der Waals surface area contributed by atoms with Crippen LogP contribution in [0.4, 0.5) is 0 Å². The minimum atomic E-state index is -0.0543. The molecule has 8 heteroatoms. The van der Waals surface area contributed by atoms with Gasteiger partial charge in [-0.1, -0.05) is 24.3 Å². The highest BCUT2D eigenvalue weighted by Gasteiger charge is 2.28. The Morgan fingerprint density at radius 3 is 2.10 bits per heavy atom. The monoisotopic (exact) mass is 414 g/mol. The first-order chi connectivity index (χ1) is 15.1. The normalized spacial score (nSPS) is 14.2. The molecule has 0 spiro atoms. The molecule has 2 amide bonds. The van der Waals surface area contributed by atoms with Crippen molar-refractivity contribution in [2.45, 2.75) is 6.92 Å². The zero-order valence-electron chi connectivity index (χ0n) is 17.2. The second-order valence-corrected chi connectivity index (χ2v) is 7.56. The summed E-state index contributed by atoms with van der Waals surface area (Å²) in [6, 6.07) is 15.4. The van der Waals surface area contributed by atoms with Gasteiger partial charge in [-0.15, -0.1) is 0 Å². The molecule has 1 aliphatic heterocycles. The lowest BCUT2D eigenvalue weighted by Crippen LogP contribution is -2.50. The molecule has 5 rings (SSSR count). The predicted octanol–water partition coefficient (Wildman–Crippen LogP) is 2.43. The molecule has 0 aliphatic carbocycles. The van der Waals surface area contributed by atoms with Gasteiger partial charge in [0.2, 0.25) is 0 Å². The number of rotatable bonds is 3. The summed E-state index contributed by atoms with van der Waals surface area (Å²) in [5.74, 6) is -0.107. The van der Waals surface area contributed by atoms with Gasteiger partial charge in [0, 0.05) is 32.4 Å². The number of hydrogen-bond acceptors (Lipinski definition) is 4. The van der Waals surface area contributed by atoms with E-state index in [-0.39, 0.29) is 11.8 Å². The fourth-order valence-electron chi connectivity index (χ4n) is 4.00. The van der Waals surface area contributed by atoms with Crippen molar-refractivity contribution in [2.24, 2.45) is 0 Å². The number of nitrogens with zero attached hydrogens (tertiary/aromatic N) is 6. The average Bonchev–Trinajstić information content (AvgIpc) is 3.42. The third kappa shape index (κ3) is 3.35. The molecule has 1 aliphatic rings. The highest BCUT2D eigenvalue weighted by molar-refractivity contribution is 6.01. The Morgan fingerprint density at radius 1 is 0.774 bits per heavy atom. The second kappa shape index (κ2) is 7.71. The molecule has 0 unspecified atom stereocenters. The quantitative estimate of drug-likeness (QED) is 0.516. The molecule has 0 N–H and O–H groups in total. The van der Waals surface area contributed by atoms with E-state index in [1.54, 1.807) is 31.4 Å². The van der Waals surface area contributed by atoms with E-state index in [0.29, 0.717) is 37.3 Å². The Balaban J connectivity index is 1.28. The van der Waals surface area contributed by atoms with E-state index in [2.05, 4.69) is 10.2 Å². The van der Waals surface area contributed by atoms with E-state index in [9.17, 15) is 9.59 Å². The lowest BCUT2D eigenvalue weighted by molar-refractivity contribution is 0.0536. The molecule has 0 saturated carbocycles. The topological polar surface area (TPSA) is 75.7 Å². The molecule has 8 nitrogen and oxygen atoms in total. The van der Waals surface area contributed by atoms with Gasteiger partial charge in [0.15, 0.2) is 0 Å². The van der Waals surface area contributed by atoms with Gasteiger partial charge in [0.25, 0.3) is 11.8 Å². The van der Waals surface area contributed by atoms with Crippen molar-refractivity contribution in [2.75, 3.05) is 26.2 Å². The second-order valence-electron chi connectivity index (χ2n) is 7.56. The number of carbonyl (C=O) groups excluding carboxylic acids is 2. The summed E-state index contributed by atoms with van der Waals surface area (Å²) < 4.78 is 3.47. The van der Waals surface area contributed by atoms with E-state index in [4.69, 9.17) is 0 Å². The number of fused-ring (bicyclic) bond motifs is 1. The summed E-state index contributed by atoms with van der Waals surface area (Å²) in [5.41, 5.74) is 3.69. The van der Waals surface area contributed by atoms with Crippen molar-refractivity contribution in [1.82, 2.24) is 29.2 Å². The van der Waals surface area contributed by atoms with Crippen LogP contribution in [-0.4, -0.2) is 67.2 Å². The Morgan fingerprint density at radius 2 is 1.39 bits per heavy atom. The summed E-state index contributed by atoms with van der Waals surface area (Å²) in [7, 11) is 0. The number of pyridine rings is 1. The molecule has 4 aromatic rings. The lowest BCUT2D eigenvalue weighted by Gasteiger charge is -2.34. The van der Waals surface area contributed by atoms with Gasteiger partial charge < -0.3 is 9.80 Å². The summed E-state index contributed by atoms with van der Waals surface area (Å²) in [5, 5.41) is 8.65. The first-order valence-corrected chi connectivity index (χ1v) is 10.2.